The number of hydrogen-bond donors (Lipinski definition) is 1. The molecular weight excluding hydrogens is 256 g/mol. The van der Waals surface area contributed by atoms with E-state index in [1.54, 1.807) is 0 Å². The highest BCUT2D eigenvalue weighted by Crippen LogP contribution is 2.31. The lowest BCUT2D eigenvalue weighted by Gasteiger charge is -2.44. The molecule has 2 heteroatoms. The first-order valence-corrected chi connectivity index (χ1v) is 8.33. The van der Waals surface area contributed by atoms with Crippen LogP contribution in [0.4, 0.5) is 0 Å². The van der Waals surface area contributed by atoms with Crippen LogP contribution in [0.2, 0.25) is 0 Å². The van der Waals surface area contributed by atoms with E-state index in [1.165, 1.54) is 37.9 Å². The Balaban J connectivity index is 1.81. The maximum absolute atomic E-state index is 6.33. The summed E-state index contributed by atoms with van der Waals surface area (Å²) in [5, 5.41) is 0. The quantitative estimate of drug-likeness (QED) is 0.895. The Hall–Kier alpha value is -0.860. The highest BCUT2D eigenvalue weighted by Gasteiger charge is 2.35. The van der Waals surface area contributed by atoms with E-state index in [-0.39, 0.29) is 11.0 Å². The highest BCUT2D eigenvalue weighted by atomic mass is 15.1. The molecular formula is C19H32N2. The Morgan fingerprint density at radius 1 is 1.05 bits per heavy atom. The third-order valence-electron chi connectivity index (χ3n) is 5.44. The number of benzene rings is 1. The molecule has 2 rings (SSSR count). The van der Waals surface area contributed by atoms with Crippen LogP contribution in [0.25, 0.3) is 0 Å². The molecule has 1 aromatic carbocycles. The Bertz CT molecular complexity index is 423. The Morgan fingerprint density at radius 2 is 1.62 bits per heavy atom. The largest absolute Gasteiger partial charge is 0.325 e. The van der Waals surface area contributed by atoms with Crippen LogP contribution in [0.3, 0.4) is 0 Å². The lowest BCUT2D eigenvalue weighted by Crippen LogP contribution is -2.54. The molecule has 0 amide bonds. The van der Waals surface area contributed by atoms with E-state index in [0.717, 1.165) is 12.5 Å². The van der Waals surface area contributed by atoms with Crippen molar-refractivity contribution in [3.8, 4) is 0 Å². The van der Waals surface area contributed by atoms with E-state index < -0.39 is 0 Å². The van der Waals surface area contributed by atoms with Gasteiger partial charge in [-0.05, 0) is 63.1 Å². The minimum atomic E-state index is -0.131. The Morgan fingerprint density at radius 3 is 2.14 bits per heavy atom. The van der Waals surface area contributed by atoms with Crippen LogP contribution in [-0.2, 0) is 6.42 Å². The van der Waals surface area contributed by atoms with Gasteiger partial charge in [-0.1, -0.05) is 44.2 Å². The Kier molecular flexibility index (Phi) is 5.11. The summed E-state index contributed by atoms with van der Waals surface area (Å²) in [6.07, 6.45) is 3.87. The molecule has 1 fully saturated rings. The van der Waals surface area contributed by atoms with Crippen LogP contribution in [0, 0.1) is 11.3 Å². The van der Waals surface area contributed by atoms with Gasteiger partial charge in [0.1, 0.15) is 0 Å². The number of likely N-dealkylation sites (tertiary alicyclic amines) is 1. The fourth-order valence-electron chi connectivity index (χ4n) is 3.06. The minimum absolute atomic E-state index is 0.131. The molecule has 0 aromatic heterocycles. The average Bonchev–Trinajstić information content (AvgIpc) is 2.41. The average molecular weight is 288 g/mol. The molecule has 1 aliphatic rings. The van der Waals surface area contributed by atoms with E-state index in [9.17, 15) is 0 Å². The van der Waals surface area contributed by atoms with Crippen LogP contribution >= 0.6 is 0 Å². The van der Waals surface area contributed by atoms with Crippen molar-refractivity contribution in [2.75, 3.05) is 19.6 Å². The molecule has 1 heterocycles. The number of nitrogens with zero attached hydrogens (tertiary/aromatic N) is 1. The summed E-state index contributed by atoms with van der Waals surface area (Å²) in [7, 11) is 0. The first-order valence-electron chi connectivity index (χ1n) is 8.33. The predicted octanol–water partition coefficient (Wildman–Crippen LogP) is 3.70. The summed E-state index contributed by atoms with van der Waals surface area (Å²) in [4.78, 5) is 2.61. The third kappa shape index (κ3) is 4.55. The zero-order valence-electron chi connectivity index (χ0n) is 14.2. The summed E-state index contributed by atoms with van der Waals surface area (Å²) in [6, 6.07) is 10.9. The van der Waals surface area contributed by atoms with E-state index in [1.807, 2.05) is 0 Å². The van der Waals surface area contributed by atoms with Gasteiger partial charge in [-0.25, -0.2) is 0 Å². The molecule has 0 atom stereocenters. The topological polar surface area (TPSA) is 29.3 Å². The lowest BCUT2D eigenvalue weighted by molar-refractivity contribution is 0.0858. The van der Waals surface area contributed by atoms with Gasteiger partial charge >= 0.3 is 0 Å². The van der Waals surface area contributed by atoms with Gasteiger partial charge in [-0.15, -0.1) is 0 Å². The van der Waals surface area contributed by atoms with Gasteiger partial charge in [-0.2, -0.15) is 0 Å². The van der Waals surface area contributed by atoms with Crippen molar-refractivity contribution in [2.24, 2.45) is 17.1 Å². The van der Waals surface area contributed by atoms with Crippen LogP contribution in [-0.4, -0.2) is 30.1 Å². The van der Waals surface area contributed by atoms with Gasteiger partial charge in [0.05, 0.1) is 0 Å². The van der Waals surface area contributed by atoms with Gasteiger partial charge in [0, 0.05) is 12.1 Å². The van der Waals surface area contributed by atoms with Gasteiger partial charge in [0.15, 0.2) is 0 Å². The molecule has 1 aromatic rings. The molecule has 0 spiro atoms. The van der Waals surface area contributed by atoms with Crippen LogP contribution in [0.1, 0.15) is 46.1 Å². The molecule has 0 bridgehead atoms. The van der Waals surface area contributed by atoms with Gasteiger partial charge in [0.2, 0.25) is 0 Å². The smallest absolute Gasteiger partial charge is 0.0161 e. The number of piperidine rings is 1. The second kappa shape index (κ2) is 6.50. The van der Waals surface area contributed by atoms with E-state index in [4.69, 9.17) is 5.73 Å². The third-order valence-corrected chi connectivity index (χ3v) is 5.44. The Labute approximate surface area is 130 Å². The number of rotatable bonds is 5. The van der Waals surface area contributed by atoms with Crippen molar-refractivity contribution in [1.29, 1.82) is 0 Å². The monoisotopic (exact) mass is 288 g/mol. The van der Waals surface area contributed by atoms with E-state index >= 15 is 0 Å². The minimum Gasteiger partial charge on any atom is -0.325 e. The summed E-state index contributed by atoms with van der Waals surface area (Å²) in [5.74, 6) is 0.845. The summed E-state index contributed by atoms with van der Waals surface area (Å²) < 4.78 is 0. The molecule has 21 heavy (non-hydrogen) atoms. The standard InChI is InChI=1S/C19H32N2/c1-18(2,19(3,4)20)15-21-12-10-17(11-13-21)14-16-8-6-5-7-9-16/h5-9,17H,10-15,20H2,1-4H3. The van der Waals surface area contributed by atoms with Crippen LogP contribution in [0.15, 0.2) is 30.3 Å². The maximum Gasteiger partial charge on any atom is 0.0161 e. The van der Waals surface area contributed by atoms with Crippen molar-refractivity contribution >= 4 is 0 Å². The zero-order valence-corrected chi connectivity index (χ0v) is 14.2. The molecule has 0 unspecified atom stereocenters. The van der Waals surface area contributed by atoms with Crippen molar-refractivity contribution in [2.45, 2.75) is 52.5 Å². The van der Waals surface area contributed by atoms with E-state index in [2.05, 4.69) is 62.9 Å². The SMILES string of the molecule is CC(C)(N)C(C)(C)CN1CCC(Cc2ccccc2)CC1. The van der Waals surface area contributed by atoms with Crippen molar-refractivity contribution < 1.29 is 0 Å². The van der Waals surface area contributed by atoms with Gasteiger partial charge in [0.25, 0.3) is 0 Å². The molecule has 0 radical (unpaired) electrons. The van der Waals surface area contributed by atoms with Crippen molar-refractivity contribution in [1.82, 2.24) is 4.90 Å². The molecule has 118 valence electrons. The van der Waals surface area contributed by atoms with Gasteiger partial charge < -0.3 is 10.6 Å². The summed E-state index contributed by atoms with van der Waals surface area (Å²) >= 11 is 0. The summed E-state index contributed by atoms with van der Waals surface area (Å²) in [5.41, 5.74) is 7.84. The molecule has 2 N–H and O–H groups in total. The zero-order chi connectivity index (χ0) is 15.5. The highest BCUT2D eigenvalue weighted by molar-refractivity contribution is 5.15. The predicted molar refractivity (Wildman–Crippen MR) is 91.4 cm³/mol. The molecule has 2 nitrogen and oxygen atoms in total. The van der Waals surface area contributed by atoms with Crippen LogP contribution < -0.4 is 5.73 Å². The fraction of sp³-hybridized carbons (Fsp3) is 0.684. The first kappa shape index (κ1) is 16.5. The van der Waals surface area contributed by atoms with Crippen molar-refractivity contribution in [3.63, 3.8) is 0 Å². The normalized spacial score (nSPS) is 18.9. The molecule has 0 aliphatic carbocycles. The first-order chi connectivity index (χ1) is 9.78. The van der Waals surface area contributed by atoms with Gasteiger partial charge in [-0.3, -0.25) is 0 Å². The van der Waals surface area contributed by atoms with Crippen LogP contribution in [0.5, 0.6) is 0 Å². The molecule has 1 aliphatic heterocycles. The lowest BCUT2D eigenvalue weighted by atomic mass is 9.74. The fourth-order valence-corrected chi connectivity index (χ4v) is 3.06. The summed E-state index contributed by atoms with van der Waals surface area (Å²) in [6.45, 7) is 12.4. The second-order valence-corrected chi connectivity index (χ2v) is 8.01. The molecule has 0 saturated carbocycles. The second-order valence-electron chi connectivity index (χ2n) is 8.01. The van der Waals surface area contributed by atoms with E-state index in [0.29, 0.717) is 0 Å². The number of nitrogens with two attached hydrogens (primary N) is 1. The van der Waals surface area contributed by atoms with Crippen molar-refractivity contribution in [3.05, 3.63) is 35.9 Å². The molecule has 1 saturated heterocycles. The number of hydrogen-bond acceptors (Lipinski definition) is 2. The maximum atomic E-state index is 6.33.